The smallest absolute Gasteiger partial charge is 0.307 e. The van der Waals surface area contributed by atoms with Crippen LogP contribution in [0.15, 0.2) is 0 Å². The van der Waals surface area contributed by atoms with Gasteiger partial charge in [0.15, 0.2) is 0 Å². The number of carbonyl (C=O) groups excluding carboxylic acids is 1. The Kier molecular flexibility index (Phi) is 6.09. The third-order valence-electron chi connectivity index (χ3n) is 3.66. The van der Waals surface area contributed by atoms with Crippen molar-refractivity contribution in [3.05, 3.63) is 0 Å². The Hall–Kier alpha value is -0.610. The van der Waals surface area contributed by atoms with E-state index < -0.39 is 0 Å². The maximum Gasteiger partial charge on any atom is 0.307 e. The number of piperazine rings is 1. The van der Waals surface area contributed by atoms with Crippen LogP contribution in [0.4, 0.5) is 0 Å². The summed E-state index contributed by atoms with van der Waals surface area (Å²) >= 11 is 0. The van der Waals surface area contributed by atoms with E-state index in [1.165, 1.54) is 0 Å². The quantitative estimate of drug-likeness (QED) is 0.702. The van der Waals surface area contributed by atoms with Crippen LogP contribution in [0.3, 0.4) is 0 Å². The van der Waals surface area contributed by atoms with E-state index in [0.717, 1.165) is 19.6 Å². The highest BCUT2D eigenvalue weighted by Crippen LogP contribution is 2.18. The zero-order valence-electron chi connectivity index (χ0n) is 12.5. The van der Waals surface area contributed by atoms with Crippen LogP contribution in [0.1, 0.15) is 41.0 Å². The van der Waals surface area contributed by atoms with E-state index in [2.05, 4.69) is 37.5 Å². The first-order valence-electron chi connectivity index (χ1n) is 7.11. The molecule has 0 amide bonds. The van der Waals surface area contributed by atoms with E-state index in [-0.39, 0.29) is 5.97 Å². The molecule has 1 aliphatic heterocycles. The van der Waals surface area contributed by atoms with Crippen LogP contribution in [0.2, 0.25) is 0 Å². The van der Waals surface area contributed by atoms with Gasteiger partial charge in [-0.25, -0.2) is 0 Å². The highest BCUT2D eigenvalue weighted by Gasteiger charge is 2.31. The molecular weight excluding hydrogens is 228 g/mol. The molecule has 4 heteroatoms. The molecule has 1 rings (SSSR count). The predicted octanol–water partition coefficient (Wildman–Crippen LogP) is 1.74. The molecule has 4 nitrogen and oxygen atoms in total. The van der Waals surface area contributed by atoms with Gasteiger partial charge < -0.3 is 4.74 Å². The number of esters is 1. The van der Waals surface area contributed by atoms with Crippen LogP contribution in [0, 0.1) is 0 Å². The summed E-state index contributed by atoms with van der Waals surface area (Å²) < 4.78 is 5.08. The van der Waals surface area contributed by atoms with Crippen LogP contribution in [0.25, 0.3) is 0 Å². The van der Waals surface area contributed by atoms with Gasteiger partial charge in [-0.1, -0.05) is 0 Å². The standard InChI is InChI=1S/C14H28N2O2/c1-6-18-14(17)9-13-10-15(11(2)3)7-8-16(13)12(4)5/h11-13H,6-10H2,1-5H3. The van der Waals surface area contributed by atoms with Crippen molar-refractivity contribution >= 4 is 5.97 Å². The lowest BCUT2D eigenvalue weighted by molar-refractivity contribution is -0.145. The van der Waals surface area contributed by atoms with Crippen LogP contribution in [-0.4, -0.2) is 60.1 Å². The minimum atomic E-state index is -0.0706. The number of ether oxygens (including phenoxy) is 1. The van der Waals surface area contributed by atoms with Crippen LogP contribution in [0.5, 0.6) is 0 Å². The van der Waals surface area contributed by atoms with Crippen LogP contribution >= 0.6 is 0 Å². The van der Waals surface area contributed by atoms with Gasteiger partial charge in [-0.05, 0) is 34.6 Å². The summed E-state index contributed by atoms with van der Waals surface area (Å²) in [6.07, 6.45) is 0.509. The van der Waals surface area contributed by atoms with Gasteiger partial charge in [-0.3, -0.25) is 14.6 Å². The van der Waals surface area contributed by atoms with Gasteiger partial charge in [-0.15, -0.1) is 0 Å². The SMILES string of the molecule is CCOC(=O)CC1CN(C(C)C)CCN1C(C)C. The van der Waals surface area contributed by atoms with E-state index in [9.17, 15) is 4.79 Å². The van der Waals surface area contributed by atoms with Crippen molar-refractivity contribution in [2.45, 2.75) is 59.2 Å². The Morgan fingerprint density at radius 3 is 2.39 bits per heavy atom. The van der Waals surface area contributed by atoms with Gasteiger partial charge in [0.2, 0.25) is 0 Å². The highest BCUT2D eigenvalue weighted by atomic mass is 16.5. The number of nitrogens with zero attached hydrogens (tertiary/aromatic N) is 2. The molecule has 0 spiro atoms. The summed E-state index contributed by atoms with van der Waals surface area (Å²) in [5.74, 6) is -0.0706. The van der Waals surface area contributed by atoms with Crippen molar-refractivity contribution in [3.8, 4) is 0 Å². The van der Waals surface area contributed by atoms with Gasteiger partial charge in [0.1, 0.15) is 0 Å². The fourth-order valence-electron chi connectivity index (χ4n) is 2.64. The first-order valence-corrected chi connectivity index (χ1v) is 7.11. The van der Waals surface area contributed by atoms with E-state index in [1.54, 1.807) is 0 Å². The minimum Gasteiger partial charge on any atom is -0.466 e. The summed E-state index contributed by atoms with van der Waals surface area (Å²) in [5.41, 5.74) is 0. The first-order chi connectivity index (χ1) is 8.45. The zero-order chi connectivity index (χ0) is 13.7. The van der Waals surface area contributed by atoms with Crippen molar-refractivity contribution in [3.63, 3.8) is 0 Å². The summed E-state index contributed by atoms with van der Waals surface area (Å²) in [5, 5.41) is 0. The molecule has 0 aliphatic carbocycles. The molecule has 106 valence electrons. The number of hydrogen-bond acceptors (Lipinski definition) is 4. The van der Waals surface area contributed by atoms with E-state index in [0.29, 0.717) is 31.2 Å². The molecule has 1 aliphatic rings. The lowest BCUT2D eigenvalue weighted by Crippen LogP contribution is -2.57. The molecule has 1 fully saturated rings. The normalized spacial score (nSPS) is 22.7. The van der Waals surface area contributed by atoms with E-state index >= 15 is 0 Å². The largest absolute Gasteiger partial charge is 0.466 e. The second-order valence-corrected chi connectivity index (χ2v) is 5.58. The molecule has 1 saturated heterocycles. The maximum atomic E-state index is 11.7. The Morgan fingerprint density at radius 1 is 1.22 bits per heavy atom. The van der Waals surface area contributed by atoms with Gasteiger partial charge in [0.05, 0.1) is 13.0 Å². The average Bonchev–Trinajstić information content (AvgIpc) is 2.28. The molecule has 0 bridgehead atoms. The number of rotatable bonds is 5. The lowest BCUT2D eigenvalue weighted by atomic mass is 10.0. The molecule has 0 radical (unpaired) electrons. The molecule has 0 saturated carbocycles. The summed E-state index contributed by atoms with van der Waals surface area (Å²) in [6.45, 7) is 14.3. The molecule has 1 atom stereocenters. The van der Waals surface area contributed by atoms with Crippen molar-refractivity contribution in [2.75, 3.05) is 26.2 Å². The molecule has 0 N–H and O–H groups in total. The van der Waals surface area contributed by atoms with Crippen molar-refractivity contribution in [2.24, 2.45) is 0 Å². The Labute approximate surface area is 111 Å². The van der Waals surface area contributed by atoms with Crippen LogP contribution < -0.4 is 0 Å². The molecule has 1 unspecified atom stereocenters. The second kappa shape index (κ2) is 7.10. The Bertz CT molecular complexity index is 267. The first kappa shape index (κ1) is 15.4. The summed E-state index contributed by atoms with van der Waals surface area (Å²) in [7, 11) is 0. The van der Waals surface area contributed by atoms with Crippen molar-refractivity contribution in [1.29, 1.82) is 0 Å². The van der Waals surface area contributed by atoms with Gasteiger partial charge in [0.25, 0.3) is 0 Å². The molecule has 1 heterocycles. The second-order valence-electron chi connectivity index (χ2n) is 5.58. The molecular formula is C14H28N2O2. The monoisotopic (exact) mass is 256 g/mol. The number of carbonyl (C=O) groups is 1. The van der Waals surface area contributed by atoms with E-state index in [1.807, 2.05) is 6.92 Å². The fraction of sp³-hybridized carbons (Fsp3) is 0.929. The molecule has 0 aromatic carbocycles. The maximum absolute atomic E-state index is 11.7. The predicted molar refractivity (Wildman–Crippen MR) is 73.6 cm³/mol. The Morgan fingerprint density at radius 2 is 1.89 bits per heavy atom. The van der Waals surface area contributed by atoms with Crippen molar-refractivity contribution < 1.29 is 9.53 Å². The zero-order valence-corrected chi connectivity index (χ0v) is 12.5. The lowest BCUT2D eigenvalue weighted by Gasteiger charge is -2.44. The Balaban J connectivity index is 2.63. The summed E-state index contributed by atoms with van der Waals surface area (Å²) in [4.78, 5) is 16.6. The van der Waals surface area contributed by atoms with Gasteiger partial charge in [-0.2, -0.15) is 0 Å². The fourth-order valence-corrected chi connectivity index (χ4v) is 2.64. The van der Waals surface area contributed by atoms with Gasteiger partial charge >= 0.3 is 5.97 Å². The summed E-state index contributed by atoms with van der Waals surface area (Å²) in [6, 6.07) is 1.32. The molecule has 0 aromatic rings. The topological polar surface area (TPSA) is 32.8 Å². The third-order valence-corrected chi connectivity index (χ3v) is 3.66. The van der Waals surface area contributed by atoms with Crippen molar-refractivity contribution in [1.82, 2.24) is 9.80 Å². The number of hydrogen-bond donors (Lipinski definition) is 0. The average molecular weight is 256 g/mol. The molecule has 0 aromatic heterocycles. The molecule has 18 heavy (non-hydrogen) atoms. The minimum absolute atomic E-state index is 0.0706. The van der Waals surface area contributed by atoms with Crippen LogP contribution in [-0.2, 0) is 9.53 Å². The highest BCUT2D eigenvalue weighted by molar-refractivity contribution is 5.70. The van der Waals surface area contributed by atoms with E-state index in [4.69, 9.17) is 4.74 Å². The van der Waals surface area contributed by atoms with Gasteiger partial charge in [0, 0.05) is 37.8 Å². The third kappa shape index (κ3) is 4.25.